The number of hydrogen-bond acceptors (Lipinski definition) is 5. The Morgan fingerprint density at radius 1 is 1.33 bits per heavy atom. The number of aromatic nitrogens is 2. The molecule has 0 radical (unpaired) electrons. The van der Waals surface area contributed by atoms with Gasteiger partial charge in [0.25, 0.3) is 5.56 Å². The molecule has 1 fully saturated rings. The average molecular weight is 328 g/mol. The third-order valence-corrected chi connectivity index (χ3v) is 4.24. The van der Waals surface area contributed by atoms with Crippen LogP contribution in [0.1, 0.15) is 6.42 Å². The topological polar surface area (TPSA) is 76.5 Å². The van der Waals surface area contributed by atoms with Crippen molar-refractivity contribution < 1.29 is 9.53 Å². The molecular formula is C17H20N4O3. The van der Waals surface area contributed by atoms with E-state index in [0.29, 0.717) is 6.54 Å². The van der Waals surface area contributed by atoms with Crippen molar-refractivity contribution in [1.29, 1.82) is 0 Å². The number of carbonyl (C=O) groups excluding carboxylic acids is 1. The second-order valence-corrected chi connectivity index (χ2v) is 5.82. The van der Waals surface area contributed by atoms with Crippen molar-refractivity contribution >= 4 is 17.3 Å². The van der Waals surface area contributed by atoms with Gasteiger partial charge in [-0.25, -0.2) is 4.68 Å². The van der Waals surface area contributed by atoms with Gasteiger partial charge in [0.1, 0.15) is 5.75 Å². The predicted molar refractivity (Wildman–Crippen MR) is 91.4 cm³/mol. The highest BCUT2D eigenvalue weighted by molar-refractivity contribution is 5.93. The van der Waals surface area contributed by atoms with Gasteiger partial charge in [0.05, 0.1) is 24.9 Å². The minimum absolute atomic E-state index is 0.0144. The van der Waals surface area contributed by atoms with Crippen molar-refractivity contribution in [2.45, 2.75) is 6.42 Å². The Hall–Kier alpha value is -2.83. The molecule has 24 heavy (non-hydrogen) atoms. The number of carbonyl (C=O) groups is 1. The van der Waals surface area contributed by atoms with E-state index in [1.165, 1.54) is 4.68 Å². The quantitative estimate of drug-likeness (QED) is 0.914. The van der Waals surface area contributed by atoms with Gasteiger partial charge in [0.15, 0.2) is 0 Å². The number of nitrogens with zero attached hydrogens (tertiary/aromatic N) is 3. The van der Waals surface area contributed by atoms with Crippen molar-refractivity contribution in [1.82, 2.24) is 9.78 Å². The highest BCUT2D eigenvalue weighted by Crippen LogP contribution is 2.24. The van der Waals surface area contributed by atoms with E-state index in [1.807, 2.05) is 29.2 Å². The van der Waals surface area contributed by atoms with E-state index in [1.54, 1.807) is 26.4 Å². The molecule has 7 heteroatoms. The summed E-state index contributed by atoms with van der Waals surface area (Å²) in [5, 5.41) is 6.95. The van der Waals surface area contributed by atoms with Crippen LogP contribution in [0.3, 0.4) is 0 Å². The van der Waals surface area contributed by atoms with Crippen LogP contribution in [0.2, 0.25) is 0 Å². The maximum atomic E-state index is 12.4. The van der Waals surface area contributed by atoms with E-state index >= 15 is 0 Å². The molecule has 1 aliphatic heterocycles. The van der Waals surface area contributed by atoms with Crippen LogP contribution in [-0.4, -0.2) is 35.9 Å². The maximum Gasteiger partial charge on any atom is 0.268 e. The summed E-state index contributed by atoms with van der Waals surface area (Å²) in [5.41, 5.74) is 1.35. The summed E-state index contributed by atoms with van der Waals surface area (Å²) >= 11 is 0. The molecule has 126 valence electrons. The number of ether oxygens (including phenoxy) is 1. The van der Waals surface area contributed by atoms with Crippen molar-refractivity contribution in [2.24, 2.45) is 13.0 Å². The SMILES string of the molecule is COc1ccc(NC(=O)[C@H]2CCN(c3cnn(C)c(=O)c3)C2)cc1. The first-order valence-electron chi connectivity index (χ1n) is 7.80. The van der Waals surface area contributed by atoms with Crippen molar-refractivity contribution in [3.8, 4) is 5.75 Å². The first-order chi connectivity index (χ1) is 11.6. The van der Waals surface area contributed by atoms with Gasteiger partial charge >= 0.3 is 0 Å². The van der Waals surface area contributed by atoms with Crippen molar-refractivity contribution in [3.63, 3.8) is 0 Å². The fourth-order valence-electron chi connectivity index (χ4n) is 2.76. The largest absolute Gasteiger partial charge is 0.497 e. The van der Waals surface area contributed by atoms with Crippen LogP contribution >= 0.6 is 0 Å². The summed E-state index contributed by atoms with van der Waals surface area (Å²) in [6, 6.07) is 8.79. The fraction of sp³-hybridized carbons (Fsp3) is 0.353. The molecule has 1 N–H and O–H groups in total. The summed E-state index contributed by atoms with van der Waals surface area (Å²) < 4.78 is 6.39. The molecular weight excluding hydrogens is 308 g/mol. The lowest BCUT2D eigenvalue weighted by Gasteiger charge is -2.18. The van der Waals surface area contributed by atoms with Crippen LogP contribution in [0.15, 0.2) is 41.3 Å². The van der Waals surface area contributed by atoms with Gasteiger partial charge in [-0.15, -0.1) is 0 Å². The Morgan fingerprint density at radius 2 is 2.08 bits per heavy atom. The molecule has 1 aromatic heterocycles. The normalized spacial score (nSPS) is 16.9. The van der Waals surface area contributed by atoms with Crippen LogP contribution in [0, 0.1) is 5.92 Å². The highest BCUT2D eigenvalue weighted by atomic mass is 16.5. The van der Waals surface area contributed by atoms with Gasteiger partial charge in [-0.1, -0.05) is 0 Å². The third-order valence-electron chi connectivity index (χ3n) is 4.24. The molecule has 0 spiro atoms. The highest BCUT2D eigenvalue weighted by Gasteiger charge is 2.28. The summed E-state index contributed by atoms with van der Waals surface area (Å²) in [4.78, 5) is 26.1. The Kier molecular flexibility index (Phi) is 4.50. The number of anilines is 2. The zero-order chi connectivity index (χ0) is 17.1. The lowest BCUT2D eigenvalue weighted by Crippen LogP contribution is -2.28. The zero-order valence-corrected chi connectivity index (χ0v) is 13.7. The molecule has 1 atom stereocenters. The Balaban J connectivity index is 1.62. The van der Waals surface area contributed by atoms with Crippen LogP contribution in [0.25, 0.3) is 0 Å². The number of rotatable bonds is 4. The number of nitrogens with one attached hydrogen (secondary N) is 1. The van der Waals surface area contributed by atoms with Gasteiger partial charge in [0.2, 0.25) is 5.91 Å². The van der Waals surface area contributed by atoms with E-state index in [0.717, 1.165) is 30.1 Å². The Bertz CT molecular complexity index is 785. The molecule has 7 nitrogen and oxygen atoms in total. The first kappa shape index (κ1) is 16.0. The second kappa shape index (κ2) is 6.74. The average Bonchev–Trinajstić information content (AvgIpc) is 3.08. The molecule has 1 aromatic carbocycles. The molecule has 0 unspecified atom stereocenters. The molecule has 2 heterocycles. The van der Waals surface area contributed by atoms with Gasteiger partial charge in [-0.2, -0.15) is 5.10 Å². The lowest BCUT2D eigenvalue weighted by molar-refractivity contribution is -0.119. The van der Waals surface area contributed by atoms with Gasteiger partial charge in [-0.05, 0) is 30.7 Å². The number of amides is 1. The van der Waals surface area contributed by atoms with Crippen LogP contribution in [0.4, 0.5) is 11.4 Å². The van der Waals surface area contributed by atoms with E-state index < -0.39 is 0 Å². The Labute approximate surface area is 139 Å². The van der Waals surface area contributed by atoms with Gasteiger partial charge in [0, 0.05) is 31.9 Å². The molecule has 0 bridgehead atoms. The number of methoxy groups -OCH3 is 1. The summed E-state index contributed by atoms with van der Waals surface area (Å²) in [6.07, 6.45) is 2.41. The standard InChI is InChI=1S/C17H20N4O3/c1-20-16(22)9-14(10-18-20)21-8-7-12(11-21)17(23)19-13-3-5-15(24-2)6-4-13/h3-6,9-10,12H,7-8,11H2,1-2H3,(H,19,23)/t12-/m0/s1. The van der Waals surface area contributed by atoms with Crippen LogP contribution in [0.5, 0.6) is 5.75 Å². The molecule has 1 aliphatic rings. The number of hydrogen-bond donors (Lipinski definition) is 1. The molecule has 1 amide bonds. The Morgan fingerprint density at radius 3 is 2.75 bits per heavy atom. The van der Waals surface area contributed by atoms with Crippen molar-refractivity contribution in [2.75, 3.05) is 30.4 Å². The third kappa shape index (κ3) is 3.40. The van der Waals surface area contributed by atoms with Crippen molar-refractivity contribution in [3.05, 3.63) is 46.9 Å². The zero-order valence-electron chi connectivity index (χ0n) is 13.7. The summed E-state index contributed by atoms with van der Waals surface area (Å²) in [6.45, 7) is 1.31. The fourth-order valence-corrected chi connectivity index (χ4v) is 2.76. The van der Waals surface area contributed by atoms with Gasteiger partial charge in [-0.3, -0.25) is 9.59 Å². The maximum absolute atomic E-state index is 12.4. The number of benzene rings is 1. The number of aryl methyl sites for hydroxylation is 1. The van der Waals surface area contributed by atoms with E-state index in [4.69, 9.17) is 4.74 Å². The minimum Gasteiger partial charge on any atom is -0.497 e. The molecule has 0 aliphatic carbocycles. The lowest BCUT2D eigenvalue weighted by atomic mass is 10.1. The summed E-state index contributed by atoms with van der Waals surface area (Å²) in [5.74, 6) is 0.619. The predicted octanol–water partition coefficient (Wildman–Crippen LogP) is 1.25. The van der Waals surface area contributed by atoms with E-state index in [-0.39, 0.29) is 17.4 Å². The molecule has 2 aromatic rings. The molecule has 0 saturated carbocycles. The first-order valence-corrected chi connectivity index (χ1v) is 7.80. The monoisotopic (exact) mass is 328 g/mol. The molecule has 3 rings (SSSR count). The van der Waals surface area contributed by atoms with Crippen LogP contribution < -0.4 is 20.5 Å². The van der Waals surface area contributed by atoms with E-state index in [2.05, 4.69) is 10.4 Å². The second-order valence-electron chi connectivity index (χ2n) is 5.82. The van der Waals surface area contributed by atoms with Gasteiger partial charge < -0.3 is 15.0 Å². The smallest absolute Gasteiger partial charge is 0.268 e. The van der Waals surface area contributed by atoms with Crippen LogP contribution in [-0.2, 0) is 11.8 Å². The molecule has 1 saturated heterocycles. The minimum atomic E-state index is -0.154. The summed E-state index contributed by atoms with van der Waals surface area (Å²) in [7, 11) is 3.22. The van der Waals surface area contributed by atoms with E-state index in [9.17, 15) is 9.59 Å².